The van der Waals surface area contributed by atoms with E-state index in [9.17, 15) is 14.4 Å². The predicted molar refractivity (Wildman–Crippen MR) is 41.0 cm³/mol. The lowest BCUT2D eigenvalue weighted by Crippen LogP contribution is -2.42. The van der Waals surface area contributed by atoms with E-state index in [0.29, 0.717) is 0 Å². The standard InChI is InChI=1S/C8H4N2O3/c11-6-4-1-2-9-3-5(4)7(12)10-8(6)13/h1-3H,(H,10,12,13). The summed E-state index contributed by atoms with van der Waals surface area (Å²) in [7, 11) is 0. The number of ketones is 1. The van der Waals surface area contributed by atoms with Crippen molar-refractivity contribution in [3.05, 3.63) is 29.6 Å². The quantitative estimate of drug-likeness (QED) is 0.428. The van der Waals surface area contributed by atoms with Crippen LogP contribution in [0.5, 0.6) is 0 Å². The topological polar surface area (TPSA) is 76.1 Å². The fourth-order valence-corrected chi connectivity index (χ4v) is 1.12. The van der Waals surface area contributed by atoms with Gasteiger partial charge in [-0.2, -0.15) is 0 Å². The number of rotatable bonds is 0. The van der Waals surface area contributed by atoms with Crippen molar-refractivity contribution >= 4 is 17.6 Å². The Labute approximate surface area is 72.8 Å². The van der Waals surface area contributed by atoms with Gasteiger partial charge in [0.25, 0.3) is 17.6 Å². The summed E-state index contributed by atoms with van der Waals surface area (Å²) in [6, 6.07) is 1.36. The molecule has 0 aliphatic carbocycles. The molecule has 2 heterocycles. The Morgan fingerprint density at radius 1 is 1.08 bits per heavy atom. The molecule has 0 atom stereocenters. The number of carbonyl (C=O) groups is 3. The van der Waals surface area contributed by atoms with Gasteiger partial charge in [-0.25, -0.2) is 0 Å². The minimum Gasteiger partial charge on any atom is -0.285 e. The number of hydrogen-bond donors (Lipinski definition) is 1. The van der Waals surface area contributed by atoms with Gasteiger partial charge in [0.2, 0.25) is 0 Å². The number of amides is 2. The van der Waals surface area contributed by atoms with Crippen LogP contribution >= 0.6 is 0 Å². The molecule has 2 amide bonds. The number of carbonyl (C=O) groups excluding carboxylic acids is 3. The van der Waals surface area contributed by atoms with E-state index in [1.54, 1.807) is 0 Å². The molecule has 0 bridgehead atoms. The van der Waals surface area contributed by atoms with Gasteiger partial charge in [-0.3, -0.25) is 24.7 Å². The first kappa shape index (κ1) is 7.60. The molecule has 1 aliphatic rings. The van der Waals surface area contributed by atoms with E-state index < -0.39 is 17.6 Å². The van der Waals surface area contributed by atoms with Crippen LogP contribution in [0.2, 0.25) is 0 Å². The zero-order chi connectivity index (χ0) is 9.42. The predicted octanol–water partition coefficient (Wildman–Crippen LogP) is -0.466. The SMILES string of the molecule is O=C1NC(=O)c2cnccc2C1=O. The van der Waals surface area contributed by atoms with E-state index in [0.717, 1.165) is 0 Å². The van der Waals surface area contributed by atoms with Crippen molar-refractivity contribution in [3.8, 4) is 0 Å². The van der Waals surface area contributed by atoms with Crippen molar-refractivity contribution in [2.45, 2.75) is 0 Å². The molecular weight excluding hydrogens is 172 g/mol. The number of nitrogens with one attached hydrogen (secondary N) is 1. The molecule has 2 rings (SSSR count). The van der Waals surface area contributed by atoms with E-state index in [1.807, 2.05) is 5.32 Å². The molecule has 1 aromatic heterocycles. The van der Waals surface area contributed by atoms with Crippen molar-refractivity contribution in [1.29, 1.82) is 0 Å². The van der Waals surface area contributed by atoms with Crippen LogP contribution in [0, 0.1) is 0 Å². The van der Waals surface area contributed by atoms with Crippen LogP contribution in [-0.4, -0.2) is 22.6 Å². The fraction of sp³-hybridized carbons (Fsp3) is 0. The largest absolute Gasteiger partial charge is 0.299 e. The van der Waals surface area contributed by atoms with E-state index in [4.69, 9.17) is 0 Å². The number of aromatic nitrogens is 1. The van der Waals surface area contributed by atoms with Gasteiger partial charge in [-0.15, -0.1) is 0 Å². The average molecular weight is 176 g/mol. The number of hydrogen-bond acceptors (Lipinski definition) is 4. The Bertz CT molecular complexity index is 425. The van der Waals surface area contributed by atoms with E-state index >= 15 is 0 Å². The molecule has 0 spiro atoms. The van der Waals surface area contributed by atoms with Gasteiger partial charge in [-0.1, -0.05) is 0 Å². The van der Waals surface area contributed by atoms with E-state index in [-0.39, 0.29) is 11.1 Å². The highest BCUT2D eigenvalue weighted by Crippen LogP contribution is 2.11. The minimum atomic E-state index is -0.885. The highest BCUT2D eigenvalue weighted by molar-refractivity contribution is 6.49. The monoisotopic (exact) mass is 176 g/mol. The highest BCUT2D eigenvalue weighted by Gasteiger charge is 2.29. The summed E-state index contributed by atoms with van der Waals surface area (Å²) in [5.74, 6) is -2.16. The third-order valence-electron chi connectivity index (χ3n) is 1.74. The molecule has 13 heavy (non-hydrogen) atoms. The van der Waals surface area contributed by atoms with Crippen LogP contribution in [0.3, 0.4) is 0 Å². The fourth-order valence-electron chi connectivity index (χ4n) is 1.12. The normalized spacial score (nSPS) is 15.2. The maximum Gasteiger partial charge on any atom is 0.299 e. The van der Waals surface area contributed by atoms with Gasteiger partial charge < -0.3 is 0 Å². The molecule has 0 fully saturated rings. The van der Waals surface area contributed by atoms with Crippen LogP contribution in [0.4, 0.5) is 0 Å². The molecule has 0 saturated heterocycles. The molecule has 5 nitrogen and oxygen atoms in total. The van der Waals surface area contributed by atoms with Crippen LogP contribution in [0.15, 0.2) is 18.5 Å². The molecule has 0 saturated carbocycles. The second-order valence-electron chi connectivity index (χ2n) is 2.53. The molecule has 1 aromatic rings. The lowest BCUT2D eigenvalue weighted by Gasteiger charge is -2.12. The van der Waals surface area contributed by atoms with Crippen molar-refractivity contribution in [1.82, 2.24) is 10.3 Å². The van der Waals surface area contributed by atoms with Crippen LogP contribution < -0.4 is 5.32 Å². The van der Waals surface area contributed by atoms with Crippen LogP contribution in [0.25, 0.3) is 0 Å². The third kappa shape index (κ3) is 1.01. The highest BCUT2D eigenvalue weighted by atomic mass is 16.2. The summed E-state index contributed by atoms with van der Waals surface area (Å²) >= 11 is 0. The summed E-state index contributed by atoms with van der Waals surface area (Å²) < 4.78 is 0. The smallest absolute Gasteiger partial charge is 0.285 e. The third-order valence-corrected chi connectivity index (χ3v) is 1.74. The summed E-state index contributed by atoms with van der Waals surface area (Å²) in [4.78, 5) is 36.8. The van der Waals surface area contributed by atoms with Gasteiger partial charge in [0, 0.05) is 18.0 Å². The van der Waals surface area contributed by atoms with Crippen molar-refractivity contribution in [3.63, 3.8) is 0 Å². The first-order chi connectivity index (χ1) is 6.20. The average Bonchev–Trinajstić information content (AvgIpc) is 2.15. The zero-order valence-electron chi connectivity index (χ0n) is 6.40. The molecule has 1 aliphatic heterocycles. The number of imide groups is 1. The number of pyridine rings is 1. The van der Waals surface area contributed by atoms with Crippen LogP contribution in [-0.2, 0) is 4.79 Å². The zero-order valence-corrected chi connectivity index (χ0v) is 6.40. The van der Waals surface area contributed by atoms with E-state index in [1.165, 1.54) is 18.5 Å². The molecule has 0 aromatic carbocycles. The van der Waals surface area contributed by atoms with Crippen molar-refractivity contribution in [2.24, 2.45) is 0 Å². The maximum absolute atomic E-state index is 11.2. The summed E-state index contributed by atoms with van der Waals surface area (Å²) in [6.07, 6.45) is 2.62. The number of Topliss-reactive ketones (excluding diaryl/α,β-unsaturated/α-hetero) is 1. The lowest BCUT2D eigenvalue weighted by molar-refractivity contribution is -0.116. The minimum absolute atomic E-state index is 0.115. The number of nitrogens with zero attached hydrogens (tertiary/aromatic N) is 1. The Kier molecular flexibility index (Phi) is 1.45. The molecule has 64 valence electrons. The molecular formula is C8H4N2O3. The second-order valence-corrected chi connectivity index (χ2v) is 2.53. The van der Waals surface area contributed by atoms with Gasteiger partial charge >= 0.3 is 0 Å². The summed E-state index contributed by atoms with van der Waals surface area (Å²) in [6.45, 7) is 0. The maximum atomic E-state index is 11.2. The number of fused-ring (bicyclic) bond motifs is 1. The Balaban J connectivity index is 2.67. The Morgan fingerprint density at radius 2 is 1.85 bits per heavy atom. The van der Waals surface area contributed by atoms with Gasteiger partial charge in [0.05, 0.1) is 5.56 Å². The lowest BCUT2D eigenvalue weighted by atomic mass is 10.0. The van der Waals surface area contributed by atoms with Crippen molar-refractivity contribution < 1.29 is 14.4 Å². The van der Waals surface area contributed by atoms with Gasteiger partial charge in [0.15, 0.2) is 0 Å². The van der Waals surface area contributed by atoms with Gasteiger partial charge in [-0.05, 0) is 6.07 Å². The van der Waals surface area contributed by atoms with Gasteiger partial charge in [0.1, 0.15) is 0 Å². The first-order valence-electron chi connectivity index (χ1n) is 3.54. The van der Waals surface area contributed by atoms with Crippen LogP contribution in [0.1, 0.15) is 20.7 Å². The molecule has 1 N–H and O–H groups in total. The second kappa shape index (κ2) is 2.48. The first-order valence-corrected chi connectivity index (χ1v) is 3.54. The summed E-state index contributed by atoms with van der Waals surface area (Å²) in [5, 5.41) is 1.92. The Morgan fingerprint density at radius 3 is 2.62 bits per heavy atom. The molecule has 5 heteroatoms. The molecule has 0 unspecified atom stereocenters. The molecule has 0 radical (unpaired) electrons. The van der Waals surface area contributed by atoms with Crippen molar-refractivity contribution in [2.75, 3.05) is 0 Å². The Hall–Kier alpha value is -2.04. The van der Waals surface area contributed by atoms with E-state index in [2.05, 4.69) is 4.98 Å². The summed E-state index contributed by atoms with van der Waals surface area (Å²) in [5.41, 5.74) is 0.260.